The number of amides is 3. The number of pyridine rings is 1. The Balaban J connectivity index is 1.33. The fourth-order valence-electron chi connectivity index (χ4n) is 6.41. The highest BCUT2D eigenvalue weighted by atomic mass is 16.2. The molecule has 1 aromatic heterocycles. The number of rotatable bonds is 7. The second kappa shape index (κ2) is 9.85. The number of anilines is 1. The number of benzene rings is 1. The van der Waals surface area contributed by atoms with Crippen LogP contribution >= 0.6 is 0 Å². The van der Waals surface area contributed by atoms with Crippen LogP contribution in [0.5, 0.6) is 0 Å². The van der Waals surface area contributed by atoms with Crippen LogP contribution in [0.2, 0.25) is 0 Å². The van der Waals surface area contributed by atoms with Crippen molar-refractivity contribution in [3.05, 3.63) is 59.8 Å². The lowest BCUT2D eigenvalue weighted by Crippen LogP contribution is -2.56. The van der Waals surface area contributed by atoms with Crippen molar-refractivity contribution in [3.63, 3.8) is 0 Å². The van der Waals surface area contributed by atoms with Crippen molar-refractivity contribution in [3.8, 4) is 0 Å². The number of hydrogen-bond acceptors (Lipinski definition) is 4. The average Bonchev–Trinajstić information content (AvgIpc) is 3.08. The molecule has 1 aliphatic heterocycles. The molecule has 2 aromatic rings. The second-order valence-electron chi connectivity index (χ2n) is 11.3. The van der Waals surface area contributed by atoms with E-state index in [2.05, 4.69) is 64.5 Å². The Morgan fingerprint density at radius 1 is 1.08 bits per heavy atom. The number of urea groups is 1. The Bertz CT molecular complexity index is 1070. The van der Waals surface area contributed by atoms with Gasteiger partial charge in [-0.1, -0.05) is 42.8 Å². The van der Waals surface area contributed by atoms with E-state index in [0.29, 0.717) is 18.3 Å². The van der Waals surface area contributed by atoms with Gasteiger partial charge in [0, 0.05) is 24.8 Å². The molecule has 1 saturated heterocycles. The zero-order valence-electron chi connectivity index (χ0n) is 21.9. The number of carbonyl (C=O) groups excluding carboxylic acids is 2. The lowest BCUT2D eigenvalue weighted by Gasteiger charge is -2.51. The molecule has 2 heterocycles. The van der Waals surface area contributed by atoms with Crippen LogP contribution in [0.1, 0.15) is 56.1 Å². The van der Waals surface area contributed by atoms with E-state index >= 15 is 0 Å². The quantitative estimate of drug-likeness (QED) is 0.615. The van der Waals surface area contributed by atoms with Gasteiger partial charge in [0.15, 0.2) is 0 Å². The molecule has 0 unspecified atom stereocenters. The summed E-state index contributed by atoms with van der Waals surface area (Å²) in [7, 11) is 4.35. The van der Waals surface area contributed by atoms with E-state index in [1.807, 2.05) is 13.0 Å². The maximum atomic E-state index is 13.7. The third-order valence-electron chi connectivity index (χ3n) is 8.91. The molecule has 3 fully saturated rings. The van der Waals surface area contributed by atoms with Crippen molar-refractivity contribution < 1.29 is 9.59 Å². The Labute approximate surface area is 214 Å². The molecule has 1 aromatic carbocycles. The molecule has 1 N–H and O–H groups in total. The molecule has 3 amide bonds. The molecule has 0 radical (unpaired) electrons. The van der Waals surface area contributed by atoms with Gasteiger partial charge < -0.3 is 15.1 Å². The third-order valence-corrected chi connectivity index (χ3v) is 8.91. The highest BCUT2D eigenvalue weighted by Crippen LogP contribution is 2.49. The van der Waals surface area contributed by atoms with Crippen molar-refractivity contribution in [2.45, 2.75) is 62.9 Å². The molecule has 0 atom stereocenters. The van der Waals surface area contributed by atoms with Crippen LogP contribution in [0.4, 0.5) is 10.6 Å². The molecule has 1 spiro atoms. The van der Waals surface area contributed by atoms with Gasteiger partial charge in [-0.25, -0.2) is 9.78 Å². The van der Waals surface area contributed by atoms with E-state index in [1.54, 1.807) is 17.2 Å². The fourth-order valence-corrected chi connectivity index (χ4v) is 6.41. The number of nitrogens with zero attached hydrogens (tertiary/aromatic N) is 4. The van der Waals surface area contributed by atoms with Gasteiger partial charge >= 0.3 is 6.03 Å². The van der Waals surface area contributed by atoms with Crippen LogP contribution < -0.4 is 5.32 Å². The van der Waals surface area contributed by atoms with E-state index in [1.165, 1.54) is 24.8 Å². The predicted octanol–water partition coefficient (Wildman–Crippen LogP) is 4.64. The van der Waals surface area contributed by atoms with Gasteiger partial charge in [0.25, 0.3) is 0 Å². The number of hydrogen-bond donors (Lipinski definition) is 1. The second-order valence-corrected chi connectivity index (χ2v) is 11.3. The van der Waals surface area contributed by atoms with Crippen molar-refractivity contribution in [2.24, 2.45) is 5.92 Å². The zero-order chi connectivity index (χ0) is 25.3. The maximum Gasteiger partial charge on any atom is 0.321 e. The lowest BCUT2D eigenvalue weighted by atomic mass is 9.68. The molecule has 7 nitrogen and oxygen atoms in total. The first-order valence-electron chi connectivity index (χ1n) is 13.3. The number of nitrogens with one attached hydrogen (secondary N) is 1. The summed E-state index contributed by atoms with van der Waals surface area (Å²) in [5, 5.41) is 2.87. The van der Waals surface area contributed by atoms with E-state index in [9.17, 15) is 9.59 Å². The van der Waals surface area contributed by atoms with E-state index < -0.39 is 0 Å². The summed E-state index contributed by atoms with van der Waals surface area (Å²) in [6, 6.07) is 14.5. The minimum absolute atomic E-state index is 0.0194. The van der Waals surface area contributed by atoms with Crippen molar-refractivity contribution in [2.75, 3.05) is 39.0 Å². The number of aryl methyl sites for hydroxylation is 1. The van der Waals surface area contributed by atoms with Gasteiger partial charge in [0.05, 0.1) is 5.54 Å². The van der Waals surface area contributed by atoms with Gasteiger partial charge in [0.1, 0.15) is 12.4 Å². The van der Waals surface area contributed by atoms with Crippen molar-refractivity contribution in [1.29, 1.82) is 0 Å². The SMILES string of the molecule is Cc1ccc(NC(=O)CN2CC3(CCC(c4ccccc4)(N(C)C)CC3)N(CC3CCC3)C2=O)nc1. The van der Waals surface area contributed by atoms with Gasteiger partial charge in [0.2, 0.25) is 5.91 Å². The van der Waals surface area contributed by atoms with Crippen LogP contribution in [0.25, 0.3) is 0 Å². The highest BCUT2D eigenvalue weighted by molar-refractivity contribution is 5.94. The molecule has 192 valence electrons. The van der Waals surface area contributed by atoms with Crippen molar-refractivity contribution >= 4 is 17.8 Å². The van der Waals surface area contributed by atoms with Crippen LogP contribution in [0, 0.1) is 12.8 Å². The minimum Gasteiger partial charge on any atom is -0.317 e. The van der Waals surface area contributed by atoms with Crippen LogP contribution in [0.15, 0.2) is 48.7 Å². The van der Waals surface area contributed by atoms with Crippen LogP contribution in [-0.2, 0) is 10.3 Å². The third kappa shape index (κ3) is 4.61. The monoisotopic (exact) mass is 489 g/mol. The molecular weight excluding hydrogens is 450 g/mol. The van der Waals surface area contributed by atoms with E-state index in [0.717, 1.165) is 37.8 Å². The summed E-state index contributed by atoms with van der Waals surface area (Å²) in [4.78, 5) is 37.1. The molecule has 7 heteroatoms. The lowest BCUT2D eigenvalue weighted by molar-refractivity contribution is -0.116. The molecule has 2 saturated carbocycles. The largest absolute Gasteiger partial charge is 0.321 e. The first-order chi connectivity index (χ1) is 17.3. The smallest absolute Gasteiger partial charge is 0.317 e. The maximum absolute atomic E-state index is 13.7. The molecular formula is C29H39N5O2. The van der Waals surface area contributed by atoms with Crippen LogP contribution in [0.3, 0.4) is 0 Å². The number of aromatic nitrogens is 1. The average molecular weight is 490 g/mol. The predicted molar refractivity (Wildman–Crippen MR) is 142 cm³/mol. The first kappa shape index (κ1) is 24.8. The summed E-state index contributed by atoms with van der Waals surface area (Å²) < 4.78 is 0. The zero-order valence-corrected chi connectivity index (χ0v) is 21.9. The van der Waals surface area contributed by atoms with Crippen molar-refractivity contribution in [1.82, 2.24) is 19.7 Å². The Kier molecular flexibility index (Phi) is 6.77. The Hall–Kier alpha value is -2.93. The summed E-state index contributed by atoms with van der Waals surface area (Å²) in [5.74, 6) is 0.920. The van der Waals surface area contributed by atoms with Gasteiger partial charge in [-0.3, -0.25) is 9.69 Å². The standard InChI is InChI=1S/C29H39N5O2/c1-22-12-13-25(30-18-22)31-26(35)20-33-21-28(34(27(33)36)19-23-8-7-9-23)14-16-29(17-15-28,32(2)3)24-10-5-4-6-11-24/h4-6,10-13,18,23H,7-9,14-17,19-21H2,1-3H3,(H,30,31,35). The summed E-state index contributed by atoms with van der Waals surface area (Å²) in [6.07, 6.45) is 9.25. The summed E-state index contributed by atoms with van der Waals surface area (Å²) in [5.41, 5.74) is 2.16. The minimum atomic E-state index is -0.205. The summed E-state index contributed by atoms with van der Waals surface area (Å²) >= 11 is 0. The molecule has 5 rings (SSSR count). The molecule has 2 aliphatic carbocycles. The number of carbonyl (C=O) groups is 2. The van der Waals surface area contributed by atoms with E-state index in [-0.39, 0.29) is 29.6 Å². The molecule has 36 heavy (non-hydrogen) atoms. The first-order valence-corrected chi connectivity index (χ1v) is 13.3. The van der Waals surface area contributed by atoms with E-state index in [4.69, 9.17) is 0 Å². The molecule has 0 bridgehead atoms. The normalized spacial score (nSPS) is 26.5. The topological polar surface area (TPSA) is 68.8 Å². The molecule has 3 aliphatic rings. The summed E-state index contributed by atoms with van der Waals surface area (Å²) in [6.45, 7) is 3.46. The van der Waals surface area contributed by atoms with Gasteiger partial charge in [-0.05, 0) is 82.7 Å². The van der Waals surface area contributed by atoms with Gasteiger partial charge in [-0.2, -0.15) is 0 Å². The fraction of sp³-hybridized carbons (Fsp3) is 0.552. The van der Waals surface area contributed by atoms with Gasteiger partial charge in [-0.15, -0.1) is 0 Å². The highest BCUT2D eigenvalue weighted by Gasteiger charge is 2.55. The van der Waals surface area contributed by atoms with Crippen LogP contribution in [-0.4, -0.2) is 70.9 Å². The Morgan fingerprint density at radius 3 is 2.39 bits per heavy atom. The Morgan fingerprint density at radius 2 is 1.81 bits per heavy atom.